The number of aromatic hydroxyl groups is 1. The first kappa shape index (κ1) is 11.5. The average molecular weight is 229 g/mol. The van der Waals surface area contributed by atoms with Gasteiger partial charge < -0.3 is 5.11 Å². The lowest BCUT2D eigenvalue weighted by Crippen LogP contribution is -2.00. The maximum atomic E-state index is 9.77. The molecule has 0 fully saturated rings. The van der Waals surface area contributed by atoms with Gasteiger partial charge in [-0.15, -0.1) is 0 Å². The Kier molecular flexibility index (Phi) is 3.32. The Hall–Kier alpha value is -1.97. The van der Waals surface area contributed by atoms with Crippen LogP contribution in [0.25, 0.3) is 11.8 Å². The highest BCUT2D eigenvalue weighted by Crippen LogP contribution is 2.23. The van der Waals surface area contributed by atoms with Crippen molar-refractivity contribution in [3.8, 4) is 5.88 Å². The van der Waals surface area contributed by atoms with Crippen LogP contribution in [-0.4, -0.2) is 21.3 Å². The second kappa shape index (κ2) is 4.91. The summed E-state index contributed by atoms with van der Waals surface area (Å²) >= 11 is 0. The zero-order valence-electron chi connectivity index (χ0n) is 10.0. The van der Waals surface area contributed by atoms with Crippen LogP contribution in [-0.2, 0) is 0 Å². The molecule has 2 heterocycles. The highest BCUT2D eigenvalue weighted by Gasteiger charge is 2.11. The van der Waals surface area contributed by atoms with Gasteiger partial charge in [0.2, 0.25) is 5.88 Å². The van der Waals surface area contributed by atoms with Crippen LogP contribution in [0.4, 0.5) is 0 Å². The molecule has 17 heavy (non-hydrogen) atoms. The number of hydrogen-bond donors (Lipinski definition) is 1. The fourth-order valence-electron chi connectivity index (χ4n) is 1.62. The molecule has 1 N–H and O–H groups in total. The van der Waals surface area contributed by atoms with E-state index in [1.54, 1.807) is 6.92 Å². The van der Waals surface area contributed by atoms with Gasteiger partial charge in [-0.2, -0.15) is 4.98 Å². The number of aromatic nitrogens is 2. The molecule has 4 nitrogen and oxygen atoms in total. The fourth-order valence-corrected chi connectivity index (χ4v) is 1.62. The van der Waals surface area contributed by atoms with Crippen molar-refractivity contribution in [2.45, 2.75) is 26.7 Å². The summed E-state index contributed by atoms with van der Waals surface area (Å²) in [5, 5.41) is 9.77. The van der Waals surface area contributed by atoms with Gasteiger partial charge in [0, 0.05) is 11.8 Å². The van der Waals surface area contributed by atoms with E-state index in [0.29, 0.717) is 11.4 Å². The van der Waals surface area contributed by atoms with Crippen LogP contribution in [0.15, 0.2) is 17.1 Å². The number of hydrogen-bond acceptors (Lipinski definition) is 4. The van der Waals surface area contributed by atoms with Crippen molar-refractivity contribution in [3.05, 3.63) is 29.2 Å². The molecule has 0 atom stereocenters. The SMILES string of the molecule is C/C=C\c1nc(C2=CCCC=N2)nc(O)c1C. The Bertz CT molecular complexity index is 516. The second-order valence-electron chi connectivity index (χ2n) is 3.86. The molecule has 0 aromatic carbocycles. The average Bonchev–Trinajstić information content (AvgIpc) is 2.36. The molecule has 0 radical (unpaired) electrons. The van der Waals surface area contributed by atoms with Crippen molar-refractivity contribution in [3.63, 3.8) is 0 Å². The molecule has 0 spiro atoms. The first-order valence-corrected chi connectivity index (χ1v) is 5.65. The summed E-state index contributed by atoms with van der Waals surface area (Å²) in [5.74, 6) is 0.502. The van der Waals surface area contributed by atoms with Gasteiger partial charge in [0.05, 0.1) is 5.69 Å². The molecular weight excluding hydrogens is 214 g/mol. The second-order valence-corrected chi connectivity index (χ2v) is 3.86. The molecule has 1 aliphatic rings. The van der Waals surface area contributed by atoms with Crippen LogP contribution in [0.2, 0.25) is 0 Å². The van der Waals surface area contributed by atoms with E-state index in [2.05, 4.69) is 15.0 Å². The summed E-state index contributed by atoms with van der Waals surface area (Å²) in [6.45, 7) is 3.71. The minimum absolute atomic E-state index is 0.0183. The van der Waals surface area contributed by atoms with E-state index in [-0.39, 0.29) is 5.88 Å². The Morgan fingerprint density at radius 2 is 2.12 bits per heavy atom. The zero-order chi connectivity index (χ0) is 12.3. The third-order valence-electron chi connectivity index (χ3n) is 2.58. The Morgan fingerprint density at radius 3 is 2.76 bits per heavy atom. The lowest BCUT2D eigenvalue weighted by Gasteiger charge is -2.08. The van der Waals surface area contributed by atoms with Crippen LogP contribution >= 0.6 is 0 Å². The van der Waals surface area contributed by atoms with Crippen molar-refractivity contribution in [1.29, 1.82) is 0 Å². The largest absolute Gasteiger partial charge is 0.493 e. The van der Waals surface area contributed by atoms with Gasteiger partial charge in [0.25, 0.3) is 0 Å². The molecule has 0 amide bonds. The summed E-state index contributed by atoms with van der Waals surface area (Å²) in [6, 6.07) is 0. The monoisotopic (exact) mass is 229 g/mol. The first-order valence-electron chi connectivity index (χ1n) is 5.65. The van der Waals surface area contributed by atoms with E-state index in [1.807, 2.05) is 31.4 Å². The quantitative estimate of drug-likeness (QED) is 0.848. The summed E-state index contributed by atoms with van der Waals surface area (Å²) in [6.07, 6.45) is 9.47. The van der Waals surface area contributed by atoms with Crippen molar-refractivity contribution in [2.24, 2.45) is 4.99 Å². The topological polar surface area (TPSA) is 58.4 Å². The summed E-state index contributed by atoms with van der Waals surface area (Å²) in [4.78, 5) is 12.7. The van der Waals surface area contributed by atoms with E-state index < -0.39 is 0 Å². The lowest BCUT2D eigenvalue weighted by molar-refractivity contribution is 0.446. The third kappa shape index (κ3) is 2.41. The maximum Gasteiger partial charge on any atom is 0.218 e. The van der Waals surface area contributed by atoms with Gasteiger partial charge in [-0.25, -0.2) is 4.98 Å². The molecule has 0 bridgehead atoms. The molecule has 0 saturated heterocycles. The number of rotatable bonds is 2. The van der Waals surface area contributed by atoms with Gasteiger partial charge in [-0.3, -0.25) is 4.99 Å². The maximum absolute atomic E-state index is 9.77. The highest BCUT2D eigenvalue weighted by atomic mass is 16.3. The van der Waals surface area contributed by atoms with Crippen LogP contribution in [0.5, 0.6) is 5.88 Å². The molecule has 1 aromatic heterocycles. The number of allylic oxidation sites excluding steroid dienone is 2. The van der Waals surface area contributed by atoms with Gasteiger partial charge in [-0.1, -0.05) is 12.2 Å². The van der Waals surface area contributed by atoms with E-state index in [4.69, 9.17) is 0 Å². The summed E-state index contributed by atoms with van der Waals surface area (Å²) in [7, 11) is 0. The highest BCUT2D eigenvalue weighted by molar-refractivity contribution is 5.74. The van der Waals surface area contributed by atoms with Crippen LogP contribution in [0, 0.1) is 6.92 Å². The first-order chi connectivity index (χ1) is 8.22. The molecule has 88 valence electrons. The van der Waals surface area contributed by atoms with E-state index in [1.165, 1.54) is 0 Å². The molecule has 1 aromatic rings. The molecular formula is C13H15N3O. The Morgan fingerprint density at radius 1 is 1.29 bits per heavy atom. The molecule has 4 heteroatoms. The molecule has 0 saturated carbocycles. The molecule has 1 aliphatic heterocycles. The van der Waals surface area contributed by atoms with Crippen molar-refractivity contribution >= 4 is 18.0 Å². The van der Waals surface area contributed by atoms with E-state index in [9.17, 15) is 5.11 Å². The normalized spacial score (nSPS) is 15.3. The van der Waals surface area contributed by atoms with Crippen molar-refractivity contribution < 1.29 is 5.11 Å². The van der Waals surface area contributed by atoms with Crippen molar-refractivity contribution in [2.75, 3.05) is 0 Å². The lowest BCUT2D eigenvalue weighted by atomic mass is 10.2. The summed E-state index contributed by atoms with van der Waals surface area (Å²) < 4.78 is 0. The van der Waals surface area contributed by atoms with Gasteiger partial charge in [0.1, 0.15) is 5.70 Å². The van der Waals surface area contributed by atoms with E-state index >= 15 is 0 Å². The predicted octanol–water partition coefficient (Wildman–Crippen LogP) is 2.73. The van der Waals surface area contributed by atoms with Crippen LogP contribution in [0.1, 0.15) is 36.8 Å². The smallest absolute Gasteiger partial charge is 0.218 e. The van der Waals surface area contributed by atoms with Crippen molar-refractivity contribution in [1.82, 2.24) is 9.97 Å². The standard InChI is InChI=1S/C13H15N3O/c1-3-6-10-9(2)13(17)16-12(15-10)11-7-4-5-8-14-11/h3,6-8H,4-5H2,1-2H3,(H,15,16,17)/b6-3-. The third-order valence-corrected chi connectivity index (χ3v) is 2.58. The number of nitrogens with zero attached hydrogens (tertiary/aromatic N) is 3. The van der Waals surface area contributed by atoms with Crippen LogP contribution < -0.4 is 0 Å². The predicted molar refractivity (Wildman–Crippen MR) is 68.8 cm³/mol. The molecule has 2 rings (SSSR count). The minimum atomic E-state index is 0.0183. The zero-order valence-corrected chi connectivity index (χ0v) is 10.0. The molecule has 0 aliphatic carbocycles. The van der Waals surface area contributed by atoms with Crippen LogP contribution in [0.3, 0.4) is 0 Å². The molecule has 0 unspecified atom stereocenters. The van der Waals surface area contributed by atoms with Gasteiger partial charge in [0.15, 0.2) is 5.82 Å². The van der Waals surface area contributed by atoms with E-state index in [0.717, 1.165) is 24.2 Å². The Labute approximate surface area is 100 Å². The fraction of sp³-hybridized carbons (Fsp3) is 0.308. The Balaban J connectivity index is 2.48. The summed E-state index contributed by atoms with van der Waals surface area (Å²) in [5.41, 5.74) is 2.15. The number of aliphatic imine (C=N–C) groups is 1. The van der Waals surface area contributed by atoms with Gasteiger partial charge in [-0.05, 0) is 32.8 Å². The van der Waals surface area contributed by atoms with Gasteiger partial charge >= 0.3 is 0 Å². The minimum Gasteiger partial charge on any atom is -0.493 e.